The Hall–Kier alpha value is -1.22. The molecule has 8 heteroatoms. The number of ether oxygens (including phenoxy) is 5. The van der Waals surface area contributed by atoms with Gasteiger partial charge in [0.05, 0.1) is 46.2 Å². The molecule has 0 atom stereocenters. The Morgan fingerprint density at radius 1 is 0.529 bits per heavy atom. The molecule has 0 fully saturated rings. The highest BCUT2D eigenvalue weighted by Gasteiger charge is 2.03. The minimum absolute atomic E-state index is 0.146. The van der Waals surface area contributed by atoms with Gasteiger partial charge >= 0.3 is 11.9 Å². The Morgan fingerprint density at radius 2 is 0.912 bits per heavy atom. The third kappa shape index (κ3) is 28.8. The lowest BCUT2D eigenvalue weighted by Crippen LogP contribution is -2.15. The lowest BCUT2D eigenvalue weighted by molar-refractivity contribution is -0.145. The molecule has 0 rings (SSSR count). The smallest absolute Gasteiger partial charge is 0.329 e. The van der Waals surface area contributed by atoms with Gasteiger partial charge in [-0.2, -0.15) is 0 Å². The van der Waals surface area contributed by atoms with Gasteiger partial charge in [-0.15, -0.1) is 0 Å². The van der Waals surface area contributed by atoms with Crippen molar-refractivity contribution in [2.45, 2.75) is 96.8 Å². The quantitative estimate of drug-likeness (QED) is 0.119. The summed E-state index contributed by atoms with van der Waals surface area (Å²) in [6.07, 6.45) is 17.3. The van der Waals surface area contributed by atoms with E-state index in [2.05, 4.69) is 6.92 Å². The largest absolute Gasteiger partial charge is 0.480 e. The number of rotatable bonds is 28. The SMILES string of the molecule is CCCCCCCCCCCCCCCC(=O)OCCOCCOCCOCCOCC(=O)O. The molecule has 0 aromatic heterocycles. The number of carboxylic acids is 1. The summed E-state index contributed by atoms with van der Waals surface area (Å²) < 4.78 is 26.0. The van der Waals surface area contributed by atoms with Crippen molar-refractivity contribution in [1.82, 2.24) is 0 Å². The van der Waals surface area contributed by atoms with Gasteiger partial charge in [0.2, 0.25) is 0 Å². The van der Waals surface area contributed by atoms with E-state index < -0.39 is 5.97 Å². The lowest BCUT2D eigenvalue weighted by atomic mass is 10.0. The minimum atomic E-state index is -0.993. The number of hydrogen-bond acceptors (Lipinski definition) is 7. The summed E-state index contributed by atoms with van der Waals surface area (Å²) in [5.41, 5.74) is 0. The molecule has 8 nitrogen and oxygen atoms in total. The number of unbranched alkanes of at least 4 members (excludes halogenated alkanes) is 12. The second kappa shape index (κ2) is 28.0. The van der Waals surface area contributed by atoms with Crippen LogP contribution in [0, 0.1) is 0 Å². The van der Waals surface area contributed by atoms with E-state index in [1.807, 2.05) is 0 Å². The monoisotopic (exact) mass is 490 g/mol. The maximum atomic E-state index is 11.7. The van der Waals surface area contributed by atoms with Crippen molar-refractivity contribution in [2.75, 3.05) is 59.5 Å². The molecule has 0 saturated carbocycles. The number of carbonyl (C=O) groups is 2. The number of carboxylic acid groups (broad SMARTS) is 1. The van der Waals surface area contributed by atoms with Crippen LogP contribution in [0.1, 0.15) is 96.8 Å². The van der Waals surface area contributed by atoms with Crippen LogP contribution in [-0.4, -0.2) is 76.5 Å². The minimum Gasteiger partial charge on any atom is -0.480 e. The molecule has 202 valence electrons. The summed E-state index contributed by atoms with van der Waals surface area (Å²) >= 11 is 0. The van der Waals surface area contributed by atoms with Crippen LogP contribution in [0.3, 0.4) is 0 Å². The van der Waals surface area contributed by atoms with Crippen LogP contribution < -0.4 is 0 Å². The van der Waals surface area contributed by atoms with Gasteiger partial charge in [-0.25, -0.2) is 4.79 Å². The summed E-state index contributed by atoms with van der Waals surface area (Å²) in [6, 6.07) is 0. The van der Waals surface area contributed by atoms with Crippen LogP contribution in [-0.2, 0) is 33.3 Å². The summed E-state index contributed by atoms with van der Waals surface area (Å²) in [5.74, 6) is -1.14. The molecule has 0 bridgehead atoms. The van der Waals surface area contributed by atoms with Gasteiger partial charge < -0.3 is 28.8 Å². The van der Waals surface area contributed by atoms with Crippen molar-refractivity contribution < 1.29 is 38.4 Å². The van der Waals surface area contributed by atoms with Gasteiger partial charge in [0, 0.05) is 6.42 Å². The third-order valence-electron chi connectivity index (χ3n) is 5.32. The highest BCUT2D eigenvalue weighted by atomic mass is 16.6. The molecular formula is C26H50O8. The molecule has 0 saturated heterocycles. The Balaban J connectivity index is 3.15. The highest BCUT2D eigenvalue weighted by molar-refractivity contribution is 5.69. The first kappa shape index (κ1) is 32.8. The first-order valence-corrected chi connectivity index (χ1v) is 13.3. The van der Waals surface area contributed by atoms with Gasteiger partial charge in [0.15, 0.2) is 0 Å². The summed E-state index contributed by atoms with van der Waals surface area (Å²) in [4.78, 5) is 22.0. The first-order chi connectivity index (χ1) is 16.7. The lowest BCUT2D eigenvalue weighted by Gasteiger charge is -2.08. The fourth-order valence-electron chi connectivity index (χ4n) is 3.39. The van der Waals surface area contributed by atoms with Crippen molar-refractivity contribution in [3.8, 4) is 0 Å². The predicted molar refractivity (Wildman–Crippen MR) is 132 cm³/mol. The average molecular weight is 491 g/mol. The second-order valence-electron chi connectivity index (χ2n) is 8.50. The molecule has 0 aliphatic heterocycles. The number of aliphatic carboxylic acids is 1. The van der Waals surface area contributed by atoms with E-state index in [0.29, 0.717) is 46.1 Å². The van der Waals surface area contributed by atoms with Crippen molar-refractivity contribution in [1.29, 1.82) is 0 Å². The standard InChI is InChI=1S/C26H50O8/c1-2-3-4-5-6-7-8-9-10-11-12-13-14-15-26(29)34-23-22-32-19-18-30-16-17-31-20-21-33-24-25(27)28/h2-24H2,1H3,(H,27,28). The van der Waals surface area contributed by atoms with Crippen LogP contribution in [0.15, 0.2) is 0 Å². The van der Waals surface area contributed by atoms with Crippen molar-refractivity contribution >= 4 is 11.9 Å². The van der Waals surface area contributed by atoms with E-state index in [-0.39, 0.29) is 25.8 Å². The molecule has 0 heterocycles. The molecule has 0 aliphatic carbocycles. The molecular weight excluding hydrogens is 440 g/mol. The molecule has 34 heavy (non-hydrogen) atoms. The van der Waals surface area contributed by atoms with Gasteiger partial charge in [-0.3, -0.25) is 4.79 Å². The molecule has 0 aromatic carbocycles. The van der Waals surface area contributed by atoms with Gasteiger partial charge in [-0.05, 0) is 6.42 Å². The summed E-state index contributed by atoms with van der Waals surface area (Å²) in [6.45, 7) is 4.86. The first-order valence-electron chi connectivity index (χ1n) is 13.3. The predicted octanol–water partition coefficient (Wildman–Crippen LogP) is 5.16. The Kier molecular flexibility index (Phi) is 27.0. The zero-order valence-electron chi connectivity index (χ0n) is 21.6. The Labute approximate surface area is 207 Å². The maximum Gasteiger partial charge on any atom is 0.329 e. The third-order valence-corrected chi connectivity index (χ3v) is 5.32. The van der Waals surface area contributed by atoms with Gasteiger partial charge in [-0.1, -0.05) is 84.0 Å². The van der Waals surface area contributed by atoms with E-state index >= 15 is 0 Å². The fraction of sp³-hybridized carbons (Fsp3) is 0.923. The Morgan fingerprint density at radius 3 is 1.35 bits per heavy atom. The molecule has 0 aromatic rings. The zero-order valence-corrected chi connectivity index (χ0v) is 21.6. The van der Waals surface area contributed by atoms with Crippen molar-refractivity contribution in [3.63, 3.8) is 0 Å². The topological polar surface area (TPSA) is 101 Å². The van der Waals surface area contributed by atoms with E-state index in [0.717, 1.165) is 12.8 Å². The van der Waals surface area contributed by atoms with Crippen LogP contribution >= 0.6 is 0 Å². The normalized spacial score (nSPS) is 11.1. The van der Waals surface area contributed by atoms with Gasteiger partial charge in [0.1, 0.15) is 13.2 Å². The molecule has 0 spiro atoms. The number of esters is 1. The highest BCUT2D eigenvalue weighted by Crippen LogP contribution is 2.13. The van der Waals surface area contributed by atoms with E-state index in [9.17, 15) is 9.59 Å². The summed E-state index contributed by atoms with van der Waals surface area (Å²) in [7, 11) is 0. The molecule has 0 amide bonds. The molecule has 0 radical (unpaired) electrons. The second-order valence-corrected chi connectivity index (χ2v) is 8.50. The number of hydrogen-bond donors (Lipinski definition) is 1. The van der Waals surface area contributed by atoms with Crippen LogP contribution in [0.25, 0.3) is 0 Å². The Bertz CT molecular complexity index is 445. The van der Waals surface area contributed by atoms with E-state index in [4.69, 9.17) is 28.8 Å². The van der Waals surface area contributed by atoms with Crippen LogP contribution in [0.5, 0.6) is 0 Å². The zero-order chi connectivity index (χ0) is 25.0. The molecule has 0 unspecified atom stereocenters. The van der Waals surface area contributed by atoms with E-state index in [1.165, 1.54) is 70.6 Å². The average Bonchev–Trinajstić information content (AvgIpc) is 2.82. The fourth-order valence-corrected chi connectivity index (χ4v) is 3.39. The van der Waals surface area contributed by atoms with Crippen molar-refractivity contribution in [2.24, 2.45) is 0 Å². The van der Waals surface area contributed by atoms with Crippen LogP contribution in [0.4, 0.5) is 0 Å². The van der Waals surface area contributed by atoms with E-state index in [1.54, 1.807) is 0 Å². The number of carbonyl (C=O) groups excluding carboxylic acids is 1. The van der Waals surface area contributed by atoms with Gasteiger partial charge in [0.25, 0.3) is 0 Å². The molecule has 1 N–H and O–H groups in total. The molecule has 0 aliphatic rings. The van der Waals surface area contributed by atoms with Crippen LogP contribution in [0.2, 0.25) is 0 Å². The maximum absolute atomic E-state index is 11.7. The summed E-state index contributed by atoms with van der Waals surface area (Å²) in [5, 5.41) is 8.40. The van der Waals surface area contributed by atoms with Crippen molar-refractivity contribution in [3.05, 3.63) is 0 Å².